The number of hydrogen-bond donors (Lipinski definition) is 1. The Bertz CT molecular complexity index is 528. The largest absolute Gasteiger partial charge is 0.383 e. The third kappa shape index (κ3) is 2.81. The summed E-state index contributed by atoms with van der Waals surface area (Å²) in [6.45, 7) is 5.98. The highest BCUT2D eigenvalue weighted by Gasteiger charge is 2.46. The first-order chi connectivity index (χ1) is 9.95. The van der Waals surface area contributed by atoms with Crippen molar-refractivity contribution in [1.29, 1.82) is 0 Å². The second kappa shape index (κ2) is 5.29. The Hall–Kier alpha value is -1.07. The van der Waals surface area contributed by atoms with E-state index in [2.05, 4.69) is 34.0 Å². The molecule has 1 aromatic rings. The molecule has 0 bridgehead atoms. The van der Waals surface area contributed by atoms with Crippen molar-refractivity contribution < 1.29 is 4.74 Å². The van der Waals surface area contributed by atoms with E-state index in [4.69, 9.17) is 16.3 Å². The number of aromatic nitrogens is 2. The van der Waals surface area contributed by atoms with Crippen LogP contribution in [0.5, 0.6) is 0 Å². The van der Waals surface area contributed by atoms with Crippen molar-refractivity contribution in [2.24, 2.45) is 0 Å². The molecule has 5 nitrogen and oxygen atoms in total. The lowest BCUT2D eigenvalue weighted by Crippen LogP contribution is -2.59. The SMILES string of the molecule is CNc1c(Cl)ncnc1N1CC(C)(C)OC2(CCCC2)C1. The third-order valence-corrected chi connectivity index (χ3v) is 4.68. The van der Waals surface area contributed by atoms with Crippen molar-refractivity contribution >= 4 is 23.1 Å². The number of nitrogens with zero attached hydrogens (tertiary/aromatic N) is 3. The van der Waals surface area contributed by atoms with E-state index in [1.807, 2.05) is 7.05 Å². The molecule has 0 unspecified atom stereocenters. The van der Waals surface area contributed by atoms with E-state index in [1.165, 1.54) is 19.2 Å². The molecule has 0 amide bonds. The molecule has 3 rings (SSSR count). The van der Waals surface area contributed by atoms with Gasteiger partial charge in [-0.15, -0.1) is 0 Å². The summed E-state index contributed by atoms with van der Waals surface area (Å²) in [6, 6.07) is 0. The molecule has 6 heteroatoms. The first-order valence-electron chi connectivity index (χ1n) is 7.58. The van der Waals surface area contributed by atoms with Crippen molar-refractivity contribution in [2.45, 2.75) is 50.7 Å². The van der Waals surface area contributed by atoms with Crippen molar-refractivity contribution in [2.75, 3.05) is 30.4 Å². The summed E-state index contributed by atoms with van der Waals surface area (Å²) < 4.78 is 6.44. The normalized spacial score (nSPS) is 23.5. The number of rotatable bonds is 2. The highest BCUT2D eigenvalue weighted by atomic mass is 35.5. The molecule has 1 spiro atoms. The van der Waals surface area contributed by atoms with Gasteiger partial charge in [-0.25, -0.2) is 9.97 Å². The van der Waals surface area contributed by atoms with Crippen LogP contribution in [0.15, 0.2) is 6.33 Å². The predicted molar refractivity (Wildman–Crippen MR) is 85.2 cm³/mol. The molecular formula is C15H23ClN4O. The van der Waals surface area contributed by atoms with Gasteiger partial charge in [-0.3, -0.25) is 0 Å². The molecular weight excluding hydrogens is 288 g/mol. The summed E-state index contributed by atoms with van der Waals surface area (Å²) in [7, 11) is 1.85. The van der Waals surface area contributed by atoms with Gasteiger partial charge in [0.15, 0.2) is 11.0 Å². The van der Waals surface area contributed by atoms with E-state index in [0.29, 0.717) is 5.15 Å². The summed E-state index contributed by atoms with van der Waals surface area (Å²) in [5.74, 6) is 0.875. The Balaban J connectivity index is 1.96. The Labute approximate surface area is 131 Å². The van der Waals surface area contributed by atoms with Crippen LogP contribution >= 0.6 is 11.6 Å². The standard InChI is InChI=1S/C15H23ClN4O/c1-14(2)8-20(9-15(21-14)6-4-5-7-15)13-11(17-3)12(16)18-10-19-13/h10,17H,4-9H2,1-3H3. The molecule has 1 aliphatic heterocycles. The molecule has 1 N–H and O–H groups in total. The van der Waals surface area contributed by atoms with Crippen LogP contribution in [0.2, 0.25) is 5.15 Å². The Morgan fingerprint density at radius 1 is 1.24 bits per heavy atom. The predicted octanol–water partition coefficient (Wildman–Crippen LogP) is 3.10. The smallest absolute Gasteiger partial charge is 0.157 e. The molecule has 116 valence electrons. The maximum Gasteiger partial charge on any atom is 0.157 e. The van der Waals surface area contributed by atoms with E-state index >= 15 is 0 Å². The highest BCUT2D eigenvalue weighted by Crippen LogP contribution is 2.43. The van der Waals surface area contributed by atoms with Gasteiger partial charge in [-0.1, -0.05) is 24.4 Å². The average molecular weight is 311 g/mol. The fraction of sp³-hybridized carbons (Fsp3) is 0.733. The molecule has 0 atom stereocenters. The summed E-state index contributed by atoms with van der Waals surface area (Å²) in [4.78, 5) is 10.8. The lowest BCUT2D eigenvalue weighted by Gasteiger charge is -2.49. The van der Waals surface area contributed by atoms with Gasteiger partial charge in [0, 0.05) is 20.1 Å². The average Bonchev–Trinajstić information content (AvgIpc) is 2.83. The Morgan fingerprint density at radius 3 is 2.62 bits per heavy atom. The monoisotopic (exact) mass is 310 g/mol. The topological polar surface area (TPSA) is 50.3 Å². The van der Waals surface area contributed by atoms with E-state index in [1.54, 1.807) is 0 Å². The summed E-state index contributed by atoms with van der Waals surface area (Å²) in [6.07, 6.45) is 6.27. The fourth-order valence-electron chi connectivity index (χ4n) is 3.75. The van der Waals surface area contributed by atoms with Gasteiger partial charge >= 0.3 is 0 Å². The quantitative estimate of drug-likeness (QED) is 0.851. The van der Waals surface area contributed by atoms with Gasteiger partial charge in [0.25, 0.3) is 0 Å². The number of ether oxygens (including phenoxy) is 1. The van der Waals surface area contributed by atoms with Gasteiger partial charge in [-0.05, 0) is 26.7 Å². The number of hydrogen-bond acceptors (Lipinski definition) is 5. The van der Waals surface area contributed by atoms with Crippen LogP contribution in [0.3, 0.4) is 0 Å². The first-order valence-corrected chi connectivity index (χ1v) is 7.96. The zero-order chi connectivity index (χ0) is 15.1. The zero-order valence-electron chi connectivity index (χ0n) is 12.9. The minimum atomic E-state index is -0.189. The van der Waals surface area contributed by atoms with Gasteiger partial charge < -0.3 is 15.0 Å². The van der Waals surface area contributed by atoms with Crippen LogP contribution in [0.25, 0.3) is 0 Å². The molecule has 1 aliphatic carbocycles. The summed E-state index contributed by atoms with van der Waals surface area (Å²) >= 11 is 6.20. The van der Waals surface area contributed by atoms with Crippen molar-refractivity contribution in [3.05, 3.63) is 11.5 Å². The molecule has 1 saturated heterocycles. The third-order valence-electron chi connectivity index (χ3n) is 4.39. The van der Waals surface area contributed by atoms with Crippen LogP contribution in [0, 0.1) is 0 Å². The van der Waals surface area contributed by atoms with E-state index in [9.17, 15) is 0 Å². The second-order valence-electron chi connectivity index (χ2n) is 6.72. The molecule has 21 heavy (non-hydrogen) atoms. The number of morpholine rings is 1. The molecule has 2 aliphatic rings. The molecule has 0 radical (unpaired) electrons. The molecule has 0 aromatic carbocycles. The van der Waals surface area contributed by atoms with Crippen LogP contribution in [0.1, 0.15) is 39.5 Å². The number of nitrogens with one attached hydrogen (secondary N) is 1. The van der Waals surface area contributed by atoms with E-state index < -0.39 is 0 Å². The van der Waals surface area contributed by atoms with E-state index in [0.717, 1.165) is 37.4 Å². The fourth-order valence-corrected chi connectivity index (χ4v) is 3.98. The molecule has 1 aromatic heterocycles. The molecule has 2 fully saturated rings. The van der Waals surface area contributed by atoms with Crippen LogP contribution in [0.4, 0.5) is 11.5 Å². The lowest BCUT2D eigenvalue weighted by molar-refractivity contribution is -0.148. The van der Waals surface area contributed by atoms with Crippen molar-refractivity contribution in [3.63, 3.8) is 0 Å². The molecule has 1 saturated carbocycles. The lowest BCUT2D eigenvalue weighted by atomic mass is 9.94. The second-order valence-corrected chi connectivity index (χ2v) is 7.08. The summed E-state index contributed by atoms with van der Waals surface area (Å²) in [5, 5.41) is 3.59. The maximum atomic E-state index is 6.44. The minimum absolute atomic E-state index is 0.0375. The van der Waals surface area contributed by atoms with Crippen LogP contribution < -0.4 is 10.2 Å². The number of anilines is 2. The van der Waals surface area contributed by atoms with Crippen LogP contribution in [-0.4, -0.2) is 41.3 Å². The van der Waals surface area contributed by atoms with Crippen molar-refractivity contribution in [3.8, 4) is 0 Å². The molecule has 2 heterocycles. The highest BCUT2D eigenvalue weighted by molar-refractivity contribution is 6.32. The maximum absolute atomic E-state index is 6.44. The van der Waals surface area contributed by atoms with Gasteiger partial charge in [-0.2, -0.15) is 0 Å². The van der Waals surface area contributed by atoms with E-state index in [-0.39, 0.29) is 11.2 Å². The minimum Gasteiger partial charge on any atom is -0.383 e. The van der Waals surface area contributed by atoms with Crippen LogP contribution in [-0.2, 0) is 4.74 Å². The van der Waals surface area contributed by atoms with Gasteiger partial charge in [0.1, 0.15) is 12.0 Å². The number of halogens is 1. The van der Waals surface area contributed by atoms with Crippen molar-refractivity contribution in [1.82, 2.24) is 9.97 Å². The van der Waals surface area contributed by atoms with Gasteiger partial charge in [0.05, 0.1) is 11.2 Å². The summed E-state index contributed by atoms with van der Waals surface area (Å²) in [5.41, 5.74) is 0.569. The van der Waals surface area contributed by atoms with Gasteiger partial charge in [0.2, 0.25) is 0 Å². The first kappa shape index (κ1) is 14.9. The Morgan fingerprint density at radius 2 is 1.95 bits per heavy atom. The Kier molecular flexibility index (Phi) is 3.74. The zero-order valence-corrected chi connectivity index (χ0v) is 13.7.